The van der Waals surface area contributed by atoms with Crippen LogP contribution in [0, 0.1) is 11.3 Å². The molecule has 0 aromatic rings. The minimum absolute atomic E-state index is 0.637. The summed E-state index contributed by atoms with van der Waals surface area (Å²) in [6.07, 6.45) is 6.73. The lowest BCUT2D eigenvalue weighted by Crippen LogP contribution is -2.41. The summed E-state index contributed by atoms with van der Waals surface area (Å²) in [4.78, 5) is 0. The molecule has 1 saturated carbocycles. The summed E-state index contributed by atoms with van der Waals surface area (Å²) in [5, 5.41) is 13.0. The second-order valence-electron chi connectivity index (χ2n) is 4.40. The largest absolute Gasteiger partial charge is 0.313 e. The molecule has 0 amide bonds. The van der Waals surface area contributed by atoms with Gasteiger partial charge in [0.2, 0.25) is 0 Å². The fourth-order valence-corrected chi connectivity index (χ4v) is 4.13. The summed E-state index contributed by atoms with van der Waals surface area (Å²) >= 11 is 3.87. The number of nitriles is 1. The summed E-state index contributed by atoms with van der Waals surface area (Å²) in [6, 6.07) is 2.90. The minimum atomic E-state index is 0.637. The molecule has 1 rings (SSSR count). The standard InChI is InChI=1S/C13H24N2S2/c1-2-17-13-7-4-3-6-12(13)15-9-5-10-16-11-8-14/h12-13,15H,2-7,9-11H2,1H3/t12-,13+/m0/s1. The zero-order valence-corrected chi connectivity index (χ0v) is 12.4. The van der Waals surface area contributed by atoms with Crippen molar-refractivity contribution in [2.24, 2.45) is 0 Å². The summed E-state index contributed by atoms with van der Waals surface area (Å²) in [6.45, 7) is 3.37. The maximum absolute atomic E-state index is 8.43. The van der Waals surface area contributed by atoms with E-state index in [1.54, 1.807) is 11.8 Å². The average molecular weight is 272 g/mol. The van der Waals surface area contributed by atoms with Crippen LogP contribution in [-0.4, -0.2) is 35.1 Å². The van der Waals surface area contributed by atoms with Crippen molar-refractivity contribution in [2.45, 2.75) is 50.3 Å². The molecule has 0 spiro atoms. The molecule has 0 aliphatic heterocycles. The number of rotatable bonds is 8. The summed E-state index contributed by atoms with van der Waals surface area (Å²) in [5.74, 6) is 2.98. The second kappa shape index (κ2) is 10.1. The van der Waals surface area contributed by atoms with E-state index in [-0.39, 0.29) is 0 Å². The van der Waals surface area contributed by atoms with Gasteiger partial charge in [-0.05, 0) is 37.3 Å². The van der Waals surface area contributed by atoms with E-state index in [1.165, 1.54) is 37.9 Å². The molecule has 1 aliphatic carbocycles. The van der Waals surface area contributed by atoms with Gasteiger partial charge in [-0.2, -0.15) is 17.0 Å². The van der Waals surface area contributed by atoms with Crippen LogP contribution < -0.4 is 5.32 Å². The molecule has 0 bridgehead atoms. The SMILES string of the molecule is CCS[C@@H]1CCCC[C@@H]1NCCCSCC#N. The third kappa shape index (κ3) is 6.59. The second-order valence-corrected chi connectivity index (χ2v) is 7.02. The van der Waals surface area contributed by atoms with Crippen molar-refractivity contribution < 1.29 is 0 Å². The number of hydrogen-bond donors (Lipinski definition) is 1. The Kier molecular flexibility index (Phi) is 9.04. The summed E-state index contributed by atoms with van der Waals surface area (Å²) in [5.41, 5.74) is 0. The first-order valence-electron chi connectivity index (χ1n) is 6.68. The average Bonchev–Trinajstić information content (AvgIpc) is 2.36. The van der Waals surface area contributed by atoms with Gasteiger partial charge >= 0.3 is 0 Å². The highest BCUT2D eigenvalue weighted by Gasteiger charge is 2.23. The topological polar surface area (TPSA) is 35.8 Å². The van der Waals surface area contributed by atoms with Crippen molar-refractivity contribution in [2.75, 3.05) is 23.8 Å². The van der Waals surface area contributed by atoms with Crippen LogP contribution in [0.1, 0.15) is 39.0 Å². The molecule has 2 atom stereocenters. The van der Waals surface area contributed by atoms with E-state index in [4.69, 9.17) is 5.26 Å². The molecule has 0 radical (unpaired) electrons. The molecule has 98 valence electrons. The Labute approximate surface area is 114 Å². The third-order valence-corrected chi connectivity index (χ3v) is 5.36. The number of nitrogens with zero attached hydrogens (tertiary/aromatic N) is 1. The molecule has 4 heteroatoms. The fraction of sp³-hybridized carbons (Fsp3) is 0.923. The normalized spacial score (nSPS) is 24.5. The lowest BCUT2D eigenvalue weighted by Gasteiger charge is -2.31. The predicted molar refractivity (Wildman–Crippen MR) is 79.7 cm³/mol. The van der Waals surface area contributed by atoms with E-state index < -0.39 is 0 Å². The fourth-order valence-electron chi connectivity index (χ4n) is 2.32. The number of thioether (sulfide) groups is 2. The molecule has 0 aromatic heterocycles. The smallest absolute Gasteiger partial charge is 0.0808 e. The van der Waals surface area contributed by atoms with E-state index in [9.17, 15) is 0 Å². The first kappa shape index (κ1) is 15.2. The summed E-state index contributed by atoms with van der Waals surface area (Å²) < 4.78 is 0. The molecular weight excluding hydrogens is 248 g/mol. The van der Waals surface area contributed by atoms with Crippen molar-refractivity contribution in [3.8, 4) is 6.07 Å². The van der Waals surface area contributed by atoms with E-state index in [2.05, 4.69) is 30.1 Å². The van der Waals surface area contributed by atoms with Crippen LogP contribution in [0.15, 0.2) is 0 Å². The van der Waals surface area contributed by atoms with E-state index in [0.29, 0.717) is 5.75 Å². The van der Waals surface area contributed by atoms with Gasteiger partial charge in [-0.3, -0.25) is 0 Å². The number of nitrogens with one attached hydrogen (secondary N) is 1. The van der Waals surface area contributed by atoms with Crippen LogP contribution in [0.5, 0.6) is 0 Å². The maximum atomic E-state index is 8.43. The van der Waals surface area contributed by atoms with Crippen LogP contribution in [-0.2, 0) is 0 Å². The van der Waals surface area contributed by atoms with Crippen LogP contribution in [0.4, 0.5) is 0 Å². The predicted octanol–water partition coefficient (Wildman–Crippen LogP) is 3.29. The molecule has 1 aliphatic rings. The molecule has 1 N–H and O–H groups in total. The monoisotopic (exact) mass is 272 g/mol. The highest BCUT2D eigenvalue weighted by molar-refractivity contribution is 8.00. The molecule has 0 aromatic carbocycles. The molecule has 1 fully saturated rings. The van der Waals surface area contributed by atoms with Gasteiger partial charge in [0.1, 0.15) is 0 Å². The Morgan fingerprint density at radius 3 is 2.94 bits per heavy atom. The molecule has 17 heavy (non-hydrogen) atoms. The van der Waals surface area contributed by atoms with Gasteiger partial charge < -0.3 is 5.32 Å². The Hall–Kier alpha value is 0.150. The minimum Gasteiger partial charge on any atom is -0.313 e. The van der Waals surface area contributed by atoms with E-state index >= 15 is 0 Å². The molecular formula is C13H24N2S2. The zero-order valence-electron chi connectivity index (χ0n) is 10.8. The maximum Gasteiger partial charge on any atom is 0.0808 e. The first-order valence-corrected chi connectivity index (χ1v) is 8.88. The van der Waals surface area contributed by atoms with Crippen molar-refractivity contribution in [1.29, 1.82) is 5.26 Å². The quantitative estimate of drug-likeness (QED) is 0.688. The van der Waals surface area contributed by atoms with Crippen LogP contribution in [0.3, 0.4) is 0 Å². The van der Waals surface area contributed by atoms with E-state index in [1.807, 2.05) is 0 Å². The van der Waals surface area contributed by atoms with Crippen LogP contribution in [0.2, 0.25) is 0 Å². The molecule has 0 saturated heterocycles. The van der Waals surface area contributed by atoms with Gasteiger partial charge in [-0.25, -0.2) is 0 Å². The van der Waals surface area contributed by atoms with Gasteiger partial charge in [0, 0.05) is 11.3 Å². The van der Waals surface area contributed by atoms with Gasteiger partial charge in [-0.15, -0.1) is 11.8 Å². The van der Waals surface area contributed by atoms with Crippen molar-refractivity contribution >= 4 is 23.5 Å². The number of hydrogen-bond acceptors (Lipinski definition) is 4. The van der Waals surface area contributed by atoms with Crippen molar-refractivity contribution in [1.82, 2.24) is 5.32 Å². The molecule has 0 heterocycles. The lowest BCUT2D eigenvalue weighted by atomic mass is 9.95. The first-order chi connectivity index (χ1) is 8.38. The van der Waals surface area contributed by atoms with Crippen molar-refractivity contribution in [3.63, 3.8) is 0 Å². The highest BCUT2D eigenvalue weighted by Crippen LogP contribution is 2.28. The summed E-state index contributed by atoms with van der Waals surface area (Å²) in [7, 11) is 0. The van der Waals surface area contributed by atoms with Crippen LogP contribution >= 0.6 is 23.5 Å². The van der Waals surface area contributed by atoms with Crippen LogP contribution in [0.25, 0.3) is 0 Å². The van der Waals surface area contributed by atoms with Gasteiger partial charge in [0.25, 0.3) is 0 Å². The Morgan fingerprint density at radius 1 is 1.35 bits per heavy atom. The lowest BCUT2D eigenvalue weighted by molar-refractivity contribution is 0.385. The van der Waals surface area contributed by atoms with Crippen molar-refractivity contribution in [3.05, 3.63) is 0 Å². The zero-order chi connectivity index (χ0) is 12.3. The third-order valence-electron chi connectivity index (χ3n) is 3.12. The highest BCUT2D eigenvalue weighted by atomic mass is 32.2. The van der Waals surface area contributed by atoms with Gasteiger partial charge in [0.05, 0.1) is 11.8 Å². The Morgan fingerprint density at radius 2 is 2.18 bits per heavy atom. The molecule has 2 nitrogen and oxygen atoms in total. The van der Waals surface area contributed by atoms with Gasteiger partial charge in [0.15, 0.2) is 0 Å². The Bertz CT molecular complexity index is 226. The molecule has 0 unspecified atom stereocenters. The van der Waals surface area contributed by atoms with Gasteiger partial charge in [-0.1, -0.05) is 19.8 Å². The Balaban J connectivity index is 2.09. The van der Waals surface area contributed by atoms with E-state index in [0.717, 1.165) is 23.6 Å².